The third kappa shape index (κ3) is 3.38. The molecule has 4 rings (SSSR count). The fourth-order valence-corrected chi connectivity index (χ4v) is 4.14. The normalized spacial score (nSPS) is 22.6. The van der Waals surface area contributed by atoms with E-state index in [2.05, 4.69) is 31.2 Å². The molecule has 7 heteroatoms. The van der Waals surface area contributed by atoms with Crippen molar-refractivity contribution < 1.29 is 14.7 Å². The highest BCUT2D eigenvalue weighted by Gasteiger charge is 2.33. The number of fused-ring (bicyclic) bond motifs is 1. The Morgan fingerprint density at radius 2 is 1.93 bits per heavy atom. The summed E-state index contributed by atoms with van der Waals surface area (Å²) in [5.41, 5.74) is 2.88. The molecule has 0 aromatic carbocycles. The average molecular weight is 384 g/mol. The number of carboxylic acid groups (broad SMARTS) is 1. The van der Waals surface area contributed by atoms with Gasteiger partial charge in [-0.25, -0.2) is 9.67 Å². The molecule has 28 heavy (non-hydrogen) atoms. The number of aliphatic carboxylic acids is 1. The summed E-state index contributed by atoms with van der Waals surface area (Å²) < 4.78 is 1.91. The summed E-state index contributed by atoms with van der Waals surface area (Å²) in [6, 6.07) is 1.82. The largest absolute Gasteiger partial charge is 0.481 e. The first-order valence-corrected chi connectivity index (χ1v) is 10.1. The van der Waals surface area contributed by atoms with Crippen LogP contribution in [0, 0.1) is 12.8 Å². The number of pyridine rings is 1. The minimum Gasteiger partial charge on any atom is -0.481 e. The van der Waals surface area contributed by atoms with E-state index < -0.39 is 5.97 Å². The van der Waals surface area contributed by atoms with Crippen LogP contribution < -0.4 is 5.32 Å². The molecule has 1 amide bonds. The number of nitrogens with one attached hydrogen (secondary N) is 1. The standard InChI is InChI=1S/C21H28N4O3/c1-11-17-15(19(26)22-14-8-7-13(9-14)20(27)28)10-16(12-5-6-12)23-18(17)25(24-11)21(2,3)4/h10,12-14H,5-9H2,1-4H3,(H,22,26)(H,27,28)/t13-,14+/m1/s1. The first-order chi connectivity index (χ1) is 13.1. The third-order valence-electron chi connectivity index (χ3n) is 5.83. The zero-order valence-corrected chi connectivity index (χ0v) is 17.0. The van der Waals surface area contributed by atoms with Crippen molar-refractivity contribution in [1.29, 1.82) is 0 Å². The van der Waals surface area contributed by atoms with Crippen molar-refractivity contribution in [2.24, 2.45) is 5.92 Å². The second-order valence-electron chi connectivity index (χ2n) is 9.25. The van der Waals surface area contributed by atoms with E-state index in [0.29, 0.717) is 30.7 Å². The van der Waals surface area contributed by atoms with E-state index in [1.165, 1.54) is 0 Å². The summed E-state index contributed by atoms with van der Waals surface area (Å²) in [7, 11) is 0. The lowest BCUT2D eigenvalue weighted by molar-refractivity contribution is -0.141. The van der Waals surface area contributed by atoms with E-state index in [-0.39, 0.29) is 23.4 Å². The van der Waals surface area contributed by atoms with Crippen molar-refractivity contribution in [3.8, 4) is 0 Å². The maximum atomic E-state index is 13.2. The molecule has 2 aromatic rings. The Labute approximate surface area is 164 Å². The SMILES string of the molecule is Cc1nn(C(C)(C)C)c2nc(C3CC3)cc(C(=O)N[C@H]3CC[C@@H](C(=O)O)C3)c12. The van der Waals surface area contributed by atoms with Crippen molar-refractivity contribution in [1.82, 2.24) is 20.1 Å². The van der Waals surface area contributed by atoms with Gasteiger partial charge in [-0.15, -0.1) is 0 Å². The summed E-state index contributed by atoms with van der Waals surface area (Å²) in [5, 5.41) is 17.8. The lowest BCUT2D eigenvalue weighted by Gasteiger charge is -2.20. The van der Waals surface area contributed by atoms with Gasteiger partial charge in [-0.05, 0) is 65.9 Å². The van der Waals surface area contributed by atoms with E-state index in [1.807, 2.05) is 17.7 Å². The maximum absolute atomic E-state index is 13.2. The van der Waals surface area contributed by atoms with Crippen LogP contribution in [0.25, 0.3) is 11.0 Å². The topological polar surface area (TPSA) is 97.1 Å². The molecule has 0 radical (unpaired) electrons. The van der Waals surface area contributed by atoms with Gasteiger partial charge in [0.2, 0.25) is 0 Å². The Balaban J connectivity index is 1.72. The molecule has 2 N–H and O–H groups in total. The molecule has 7 nitrogen and oxygen atoms in total. The number of aryl methyl sites for hydroxylation is 1. The number of aromatic nitrogens is 3. The van der Waals surface area contributed by atoms with Crippen molar-refractivity contribution in [2.45, 2.75) is 77.3 Å². The second kappa shape index (κ2) is 6.57. The molecule has 2 heterocycles. The molecule has 2 aliphatic rings. The molecule has 2 fully saturated rings. The number of hydrogen-bond donors (Lipinski definition) is 2. The van der Waals surface area contributed by atoms with Crippen molar-refractivity contribution >= 4 is 22.9 Å². The van der Waals surface area contributed by atoms with Crippen LogP contribution in [0.4, 0.5) is 0 Å². The highest BCUT2D eigenvalue weighted by atomic mass is 16.4. The zero-order chi connectivity index (χ0) is 20.2. The highest BCUT2D eigenvalue weighted by molar-refractivity contribution is 6.06. The van der Waals surface area contributed by atoms with Gasteiger partial charge in [-0.2, -0.15) is 5.10 Å². The molecule has 2 aromatic heterocycles. The van der Waals surface area contributed by atoms with Gasteiger partial charge in [-0.3, -0.25) is 9.59 Å². The van der Waals surface area contributed by atoms with Gasteiger partial charge in [0.1, 0.15) is 0 Å². The number of hydrogen-bond acceptors (Lipinski definition) is 4. The molecule has 0 saturated heterocycles. The number of amides is 1. The number of carboxylic acids is 1. The quantitative estimate of drug-likeness (QED) is 0.842. The summed E-state index contributed by atoms with van der Waals surface area (Å²) in [5.74, 6) is -0.874. The first-order valence-electron chi connectivity index (χ1n) is 10.1. The lowest BCUT2D eigenvalue weighted by atomic mass is 10.1. The molecule has 0 unspecified atom stereocenters. The summed E-state index contributed by atoms with van der Waals surface area (Å²) in [6.07, 6.45) is 4.01. The van der Waals surface area contributed by atoms with E-state index in [0.717, 1.165) is 35.3 Å². The van der Waals surface area contributed by atoms with Gasteiger partial charge in [-0.1, -0.05) is 0 Å². The average Bonchev–Trinajstić information content (AvgIpc) is 3.26. The number of rotatable bonds is 4. The molecule has 0 aliphatic heterocycles. The lowest BCUT2D eigenvalue weighted by Crippen LogP contribution is -2.33. The monoisotopic (exact) mass is 384 g/mol. The molecule has 0 spiro atoms. The fourth-order valence-electron chi connectivity index (χ4n) is 4.14. The molecule has 150 valence electrons. The predicted molar refractivity (Wildman–Crippen MR) is 105 cm³/mol. The van der Waals surface area contributed by atoms with E-state index in [9.17, 15) is 14.7 Å². The number of carbonyl (C=O) groups excluding carboxylic acids is 1. The summed E-state index contributed by atoms with van der Waals surface area (Å²) in [4.78, 5) is 29.3. The van der Waals surface area contributed by atoms with Crippen LogP contribution in [0.15, 0.2) is 6.07 Å². The second-order valence-corrected chi connectivity index (χ2v) is 9.25. The van der Waals surface area contributed by atoms with Gasteiger partial charge in [0.25, 0.3) is 5.91 Å². The highest BCUT2D eigenvalue weighted by Crippen LogP contribution is 2.41. The Morgan fingerprint density at radius 3 is 2.50 bits per heavy atom. The van der Waals surface area contributed by atoms with Crippen LogP contribution in [0.3, 0.4) is 0 Å². The Hall–Kier alpha value is -2.44. The summed E-state index contributed by atoms with van der Waals surface area (Å²) in [6.45, 7) is 8.15. The molecular weight excluding hydrogens is 356 g/mol. The maximum Gasteiger partial charge on any atom is 0.306 e. The van der Waals surface area contributed by atoms with Crippen LogP contribution in [0.1, 0.15) is 80.5 Å². The Morgan fingerprint density at radius 1 is 1.21 bits per heavy atom. The van der Waals surface area contributed by atoms with Crippen LogP contribution in [-0.2, 0) is 10.3 Å². The van der Waals surface area contributed by atoms with E-state index in [4.69, 9.17) is 4.98 Å². The predicted octanol–water partition coefficient (Wildman–Crippen LogP) is 3.36. The Kier molecular flexibility index (Phi) is 4.43. The van der Waals surface area contributed by atoms with Gasteiger partial charge in [0.15, 0.2) is 5.65 Å². The third-order valence-corrected chi connectivity index (χ3v) is 5.83. The number of carbonyl (C=O) groups is 2. The van der Waals surface area contributed by atoms with Gasteiger partial charge in [0, 0.05) is 17.7 Å². The van der Waals surface area contributed by atoms with Crippen molar-refractivity contribution in [2.75, 3.05) is 0 Å². The van der Waals surface area contributed by atoms with Crippen molar-refractivity contribution in [3.05, 3.63) is 23.0 Å². The molecular formula is C21H28N4O3. The van der Waals surface area contributed by atoms with Crippen molar-refractivity contribution in [3.63, 3.8) is 0 Å². The molecule has 2 saturated carbocycles. The summed E-state index contributed by atoms with van der Waals surface area (Å²) >= 11 is 0. The molecule has 0 bridgehead atoms. The molecule has 2 aliphatic carbocycles. The van der Waals surface area contributed by atoms with Crippen LogP contribution >= 0.6 is 0 Å². The number of nitrogens with zero attached hydrogens (tertiary/aromatic N) is 3. The van der Waals surface area contributed by atoms with Crippen LogP contribution in [0.2, 0.25) is 0 Å². The van der Waals surface area contributed by atoms with Gasteiger partial charge >= 0.3 is 5.97 Å². The zero-order valence-electron chi connectivity index (χ0n) is 17.0. The van der Waals surface area contributed by atoms with E-state index >= 15 is 0 Å². The smallest absolute Gasteiger partial charge is 0.306 e. The Bertz CT molecular complexity index is 953. The minimum atomic E-state index is -0.777. The van der Waals surface area contributed by atoms with E-state index in [1.54, 1.807) is 0 Å². The minimum absolute atomic E-state index is 0.0980. The van der Waals surface area contributed by atoms with Gasteiger partial charge < -0.3 is 10.4 Å². The van der Waals surface area contributed by atoms with Crippen LogP contribution in [0.5, 0.6) is 0 Å². The molecule has 2 atom stereocenters. The van der Waals surface area contributed by atoms with Crippen LogP contribution in [-0.4, -0.2) is 37.8 Å². The fraction of sp³-hybridized carbons (Fsp3) is 0.619. The first kappa shape index (κ1) is 18.9. The van der Waals surface area contributed by atoms with Gasteiger partial charge in [0.05, 0.1) is 28.1 Å².